The summed E-state index contributed by atoms with van der Waals surface area (Å²) < 4.78 is 2.00. The molecule has 0 aliphatic carbocycles. The van der Waals surface area contributed by atoms with Crippen LogP contribution in [0.1, 0.15) is 51.4 Å². The number of nitrogens with zero attached hydrogens (tertiary/aromatic N) is 4. The molecule has 2 heterocycles. The third-order valence-electron chi connectivity index (χ3n) is 5.77. The highest BCUT2D eigenvalue weighted by molar-refractivity contribution is 14.0. The number of aliphatic imine (C=N–C) groups is 1. The second-order valence-corrected chi connectivity index (χ2v) is 7.29. The summed E-state index contributed by atoms with van der Waals surface area (Å²) in [5.74, 6) is 1.98. The zero-order valence-electron chi connectivity index (χ0n) is 17.2. The van der Waals surface area contributed by atoms with E-state index in [2.05, 4.69) is 71.8 Å². The van der Waals surface area contributed by atoms with Crippen molar-refractivity contribution in [2.45, 2.75) is 64.5 Å². The van der Waals surface area contributed by atoms with Crippen LogP contribution in [0, 0.1) is 0 Å². The zero-order valence-corrected chi connectivity index (χ0v) is 19.5. The van der Waals surface area contributed by atoms with Crippen LogP contribution in [0.5, 0.6) is 0 Å². The summed E-state index contributed by atoms with van der Waals surface area (Å²) in [5.41, 5.74) is 1.45. The molecule has 1 aromatic carbocycles. The van der Waals surface area contributed by atoms with Gasteiger partial charge in [-0.15, -0.1) is 24.0 Å². The van der Waals surface area contributed by atoms with Gasteiger partial charge in [0.2, 0.25) is 0 Å². The Hall–Kier alpha value is -1.64. The molecule has 2 aromatic rings. The lowest BCUT2D eigenvalue weighted by molar-refractivity contribution is 0.387. The van der Waals surface area contributed by atoms with Crippen molar-refractivity contribution in [1.29, 1.82) is 0 Å². The minimum absolute atomic E-state index is 0. The predicted octanol–water partition coefficient (Wildman–Crippen LogP) is 3.52. The first-order valence-electron chi connectivity index (χ1n) is 10.2. The van der Waals surface area contributed by atoms with E-state index in [1.165, 1.54) is 5.56 Å². The number of aryl methyl sites for hydroxylation is 1. The number of benzene rings is 1. The van der Waals surface area contributed by atoms with E-state index in [1.54, 1.807) is 6.33 Å². The second-order valence-electron chi connectivity index (χ2n) is 7.29. The lowest BCUT2D eigenvalue weighted by Crippen LogP contribution is -2.47. The molecule has 154 valence electrons. The molecule has 1 aliphatic rings. The summed E-state index contributed by atoms with van der Waals surface area (Å²) in [6.45, 7) is 9.10. The Morgan fingerprint density at radius 2 is 1.96 bits per heavy atom. The van der Waals surface area contributed by atoms with Crippen molar-refractivity contribution >= 4 is 29.9 Å². The topological polar surface area (TPSA) is 67.1 Å². The summed E-state index contributed by atoms with van der Waals surface area (Å²) in [6.07, 6.45) is 5.79. The van der Waals surface area contributed by atoms with Crippen molar-refractivity contribution in [2.75, 3.05) is 13.1 Å². The van der Waals surface area contributed by atoms with Gasteiger partial charge in [-0.05, 0) is 31.7 Å². The molecule has 0 spiro atoms. The third kappa shape index (κ3) is 5.24. The molecule has 0 saturated heterocycles. The average molecular weight is 496 g/mol. The molecule has 3 rings (SSSR count). The number of fused-ring (bicyclic) bond motifs is 1. The van der Waals surface area contributed by atoms with Crippen molar-refractivity contribution in [1.82, 2.24) is 25.4 Å². The van der Waals surface area contributed by atoms with Gasteiger partial charge in [0, 0.05) is 24.4 Å². The van der Waals surface area contributed by atoms with Gasteiger partial charge in [-0.25, -0.2) is 9.67 Å². The highest BCUT2D eigenvalue weighted by Crippen LogP contribution is 2.32. The number of halogens is 1. The van der Waals surface area contributed by atoms with E-state index in [9.17, 15) is 0 Å². The lowest BCUT2D eigenvalue weighted by Gasteiger charge is -2.31. The number of nitrogens with one attached hydrogen (secondary N) is 2. The van der Waals surface area contributed by atoms with Gasteiger partial charge in [-0.2, -0.15) is 5.10 Å². The largest absolute Gasteiger partial charge is 0.357 e. The first-order chi connectivity index (χ1) is 13.2. The number of guanidine groups is 1. The molecular weight excluding hydrogens is 463 g/mol. The summed E-state index contributed by atoms with van der Waals surface area (Å²) in [5, 5.41) is 11.3. The number of aromatic nitrogens is 3. The molecule has 1 atom stereocenters. The molecule has 0 saturated carbocycles. The molecule has 7 heteroatoms. The van der Waals surface area contributed by atoms with E-state index in [0.717, 1.165) is 57.1 Å². The molecular formula is C21H33IN6. The Morgan fingerprint density at radius 1 is 1.21 bits per heavy atom. The molecule has 0 radical (unpaired) electrons. The van der Waals surface area contributed by atoms with Crippen LogP contribution in [0.25, 0.3) is 0 Å². The maximum Gasteiger partial charge on any atom is 0.191 e. The molecule has 0 bridgehead atoms. The SMILES string of the molecule is CCNC(=NCC(CC)(CC)c1ccccc1)NC1CCc2ncnn2C1.I. The van der Waals surface area contributed by atoms with Gasteiger partial charge in [0.15, 0.2) is 5.96 Å². The van der Waals surface area contributed by atoms with E-state index in [0.29, 0.717) is 6.04 Å². The summed E-state index contributed by atoms with van der Waals surface area (Å²) in [4.78, 5) is 9.30. The van der Waals surface area contributed by atoms with Gasteiger partial charge in [-0.3, -0.25) is 4.99 Å². The maximum atomic E-state index is 4.99. The van der Waals surface area contributed by atoms with Gasteiger partial charge in [0.05, 0.1) is 13.1 Å². The Bertz CT molecular complexity index is 738. The fourth-order valence-electron chi connectivity index (χ4n) is 3.86. The first kappa shape index (κ1) is 22.6. The van der Waals surface area contributed by atoms with Crippen molar-refractivity contribution in [3.8, 4) is 0 Å². The van der Waals surface area contributed by atoms with Crippen molar-refractivity contribution < 1.29 is 0 Å². The van der Waals surface area contributed by atoms with Crippen LogP contribution in [0.15, 0.2) is 41.7 Å². The maximum absolute atomic E-state index is 4.99. The summed E-state index contributed by atoms with van der Waals surface area (Å²) in [7, 11) is 0. The van der Waals surface area contributed by atoms with E-state index < -0.39 is 0 Å². The number of rotatable bonds is 7. The van der Waals surface area contributed by atoms with Gasteiger partial charge in [-0.1, -0.05) is 44.2 Å². The highest BCUT2D eigenvalue weighted by atomic mass is 127. The average Bonchev–Trinajstić information content (AvgIpc) is 3.18. The first-order valence-corrected chi connectivity index (χ1v) is 10.2. The molecule has 1 aliphatic heterocycles. The molecule has 0 fully saturated rings. The fraction of sp³-hybridized carbons (Fsp3) is 0.571. The van der Waals surface area contributed by atoms with Crippen LogP contribution in [0.3, 0.4) is 0 Å². The van der Waals surface area contributed by atoms with Crippen molar-refractivity contribution in [3.63, 3.8) is 0 Å². The van der Waals surface area contributed by atoms with Crippen LogP contribution in [0.2, 0.25) is 0 Å². The minimum Gasteiger partial charge on any atom is -0.357 e. The second kappa shape index (κ2) is 10.8. The smallest absolute Gasteiger partial charge is 0.191 e. The Labute approximate surface area is 185 Å². The highest BCUT2D eigenvalue weighted by Gasteiger charge is 2.28. The van der Waals surface area contributed by atoms with Gasteiger partial charge >= 0.3 is 0 Å². The number of hydrogen-bond acceptors (Lipinski definition) is 3. The van der Waals surface area contributed by atoms with E-state index in [-0.39, 0.29) is 29.4 Å². The third-order valence-corrected chi connectivity index (χ3v) is 5.77. The van der Waals surface area contributed by atoms with Crippen LogP contribution in [-0.4, -0.2) is 39.9 Å². The Kier molecular flexibility index (Phi) is 8.72. The van der Waals surface area contributed by atoms with Crippen LogP contribution < -0.4 is 10.6 Å². The summed E-state index contributed by atoms with van der Waals surface area (Å²) in [6, 6.07) is 11.1. The fourth-order valence-corrected chi connectivity index (χ4v) is 3.86. The normalized spacial score (nSPS) is 16.8. The van der Waals surface area contributed by atoms with Crippen molar-refractivity contribution in [2.24, 2.45) is 4.99 Å². The van der Waals surface area contributed by atoms with Crippen LogP contribution in [-0.2, 0) is 18.4 Å². The Morgan fingerprint density at radius 3 is 2.64 bits per heavy atom. The van der Waals surface area contributed by atoms with E-state index in [1.807, 2.05) is 4.68 Å². The lowest BCUT2D eigenvalue weighted by atomic mass is 9.76. The molecule has 0 amide bonds. The van der Waals surface area contributed by atoms with E-state index in [4.69, 9.17) is 4.99 Å². The Balaban J connectivity index is 0.00000280. The summed E-state index contributed by atoms with van der Waals surface area (Å²) >= 11 is 0. The molecule has 1 unspecified atom stereocenters. The van der Waals surface area contributed by atoms with Gasteiger partial charge in [0.1, 0.15) is 12.2 Å². The standard InChI is InChI=1S/C21H32N6.HI/c1-4-21(5-2,17-10-8-7-9-11-17)15-23-20(22-6-3)26-18-12-13-19-24-16-25-27(19)14-18;/h7-11,16,18H,4-6,12-15H2,1-3H3,(H2,22,23,26);1H. The quantitative estimate of drug-likeness (QED) is 0.350. The van der Waals surface area contributed by atoms with Gasteiger partial charge in [0.25, 0.3) is 0 Å². The molecule has 28 heavy (non-hydrogen) atoms. The minimum atomic E-state index is 0. The van der Waals surface area contributed by atoms with E-state index >= 15 is 0 Å². The van der Waals surface area contributed by atoms with Crippen LogP contribution in [0.4, 0.5) is 0 Å². The monoisotopic (exact) mass is 496 g/mol. The number of hydrogen-bond donors (Lipinski definition) is 2. The molecule has 1 aromatic heterocycles. The van der Waals surface area contributed by atoms with Crippen molar-refractivity contribution in [3.05, 3.63) is 48.0 Å². The molecule has 6 nitrogen and oxygen atoms in total. The molecule has 2 N–H and O–H groups in total. The predicted molar refractivity (Wildman–Crippen MR) is 125 cm³/mol. The van der Waals surface area contributed by atoms with Gasteiger partial charge < -0.3 is 10.6 Å². The van der Waals surface area contributed by atoms with Crippen LogP contribution >= 0.6 is 24.0 Å². The zero-order chi connectivity index (χ0) is 19.1.